The van der Waals surface area contributed by atoms with E-state index in [0.717, 1.165) is 16.7 Å². The molecule has 2 aromatic heterocycles. The number of fused-ring (bicyclic) bond motifs is 1. The second-order valence-electron chi connectivity index (χ2n) is 3.99. The largest absolute Gasteiger partial charge is 0.462 e. The number of carbonyl (C=O) groups is 1. The van der Waals surface area contributed by atoms with Crippen LogP contribution in [0.2, 0.25) is 0 Å². The average molecular weight is 272 g/mol. The van der Waals surface area contributed by atoms with Gasteiger partial charge in [-0.2, -0.15) is 0 Å². The number of hydrogen-bond donors (Lipinski definition) is 2. The SMILES string of the molecule is C=C/C(=C\N(N)c1ccnc2[nH]ccc12)C(=O)OCC. The van der Waals surface area contributed by atoms with E-state index in [0.29, 0.717) is 6.61 Å². The number of nitrogens with zero attached hydrogens (tertiary/aromatic N) is 2. The minimum absolute atomic E-state index is 0.287. The van der Waals surface area contributed by atoms with Crippen molar-refractivity contribution in [3.05, 3.63) is 49.0 Å². The van der Waals surface area contributed by atoms with Crippen LogP contribution < -0.4 is 10.9 Å². The molecular weight excluding hydrogens is 256 g/mol. The van der Waals surface area contributed by atoms with Crippen LogP contribution in [0.5, 0.6) is 0 Å². The standard InChI is InChI=1S/C14H16N4O2/c1-3-10(14(19)20-4-2)9-18(15)12-6-8-17-13-11(12)5-7-16-13/h3,5-9H,1,4,15H2,2H3,(H,16,17)/b10-9+. The lowest BCUT2D eigenvalue weighted by Crippen LogP contribution is -2.26. The van der Waals surface area contributed by atoms with E-state index in [9.17, 15) is 4.79 Å². The number of hydrazine groups is 1. The fourth-order valence-electron chi connectivity index (χ4n) is 1.79. The van der Waals surface area contributed by atoms with E-state index < -0.39 is 5.97 Å². The Bertz CT molecular complexity index is 660. The van der Waals surface area contributed by atoms with Crippen molar-refractivity contribution in [1.29, 1.82) is 0 Å². The van der Waals surface area contributed by atoms with Gasteiger partial charge in [0.15, 0.2) is 0 Å². The zero-order valence-electron chi connectivity index (χ0n) is 11.2. The highest BCUT2D eigenvalue weighted by atomic mass is 16.5. The lowest BCUT2D eigenvalue weighted by molar-refractivity contribution is -0.138. The van der Waals surface area contributed by atoms with E-state index in [2.05, 4.69) is 16.5 Å². The topological polar surface area (TPSA) is 84.2 Å². The zero-order chi connectivity index (χ0) is 14.5. The Hall–Kier alpha value is -2.60. The molecule has 6 heteroatoms. The van der Waals surface area contributed by atoms with Gasteiger partial charge >= 0.3 is 5.97 Å². The normalized spacial score (nSPS) is 11.4. The molecule has 0 aromatic carbocycles. The molecule has 104 valence electrons. The molecule has 0 aliphatic carbocycles. The number of nitrogens with two attached hydrogens (primary N) is 1. The number of anilines is 1. The van der Waals surface area contributed by atoms with Gasteiger partial charge in [-0.25, -0.2) is 15.6 Å². The molecule has 0 fully saturated rings. The molecule has 0 bridgehead atoms. The fourth-order valence-corrected chi connectivity index (χ4v) is 1.79. The number of aromatic nitrogens is 2. The van der Waals surface area contributed by atoms with Crippen LogP contribution in [0.4, 0.5) is 5.69 Å². The monoisotopic (exact) mass is 272 g/mol. The molecule has 0 saturated carbocycles. The molecule has 0 saturated heterocycles. The lowest BCUT2D eigenvalue weighted by Gasteiger charge is -2.15. The van der Waals surface area contributed by atoms with E-state index >= 15 is 0 Å². The smallest absolute Gasteiger partial charge is 0.339 e. The van der Waals surface area contributed by atoms with Crippen molar-refractivity contribution >= 4 is 22.7 Å². The van der Waals surface area contributed by atoms with Crippen molar-refractivity contribution in [1.82, 2.24) is 9.97 Å². The molecule has 3 N–H and O–H groups in total. The molecule has 2 aromatic rings. The van der Waals surface area contributed by atoms with E-state index in [1.165, 1.54) is 17.3 Å². The Morgan fingerprint density at radius 1 is 1.60 bits per heavy atom. The van der Waals surface area contributed by atoms with Crippen molar-refractivity contribution in [2.75, 3.05) is 11.6 Å². The summed E-state index contributed by atoms with van der Waals surface area (Å²) in [5.74, 6) is 5.53. The summed E-state index contributed by atoms with van der Waals surface area (Å²) < 4.78 is 4.92. The Morgan fingerprint density at radius 2 is 2.40 bits per heavy atom. The number of hydrogen-bond acceptors (Lipinski definition) is 5. The molecule has 0 spiro atoms. The Morgan fingerprint density at radius 3 is 3.10 bits per heavy atom. The van der Waals surface area contributed by atoms with Crippen LogP contribution in [0.25, 0.3) is 11.0 Å². The summed E-state index contributed by atoms with van der Waals surface area (Å²) >= 11 is 0. The average Bonchev–Trinajstić information content (AvgIpc) is 2.92. The summed E-state index contributed by atoms with van der Waals surface area (Å²) in [5.41, 5.74) is 1.73. The zero-order valence-corrected chi connectivity index (χ0v) is 11.2. The van der Waals surface area contributed by atoms with Gasteiger partial charge in [-0.15, -0.1) is 0 Å². The van der Waals surface area contributed by atoms with Gasteiger partial charge in [0.25, 0.3) is 0 Å². The Kier molecular flexibility index (Phi) is 4.17. The maximum atomic E-state index is 11.7. The first-order chi connectivity index (χ1) is 9.67. The third-order valence-electron chi connectivity index (χ3n) is 2.72. The van der Waals surface area contributed by atoms with Crippen LogP contribution in [0.3, 0.4) is 0 Å². The maximum absolute atomic E-state index is 11.7. The van der Waals surface area contributed by atoms with Gasteiger partial charge in [-0.3, -0.25) is 5.01 Å². The molecule has 0 radical (unpaired) electrons. The number of carbonyl (C=O) groups excluding carboxylic acids is 1. The number of aromatic amines is 1. The number of ether oxygens (including phenoxy) is 1. The summed E-state index contributed by atoms with van der Waals surface area (Å²) in [6.45, 7) is 5.63. The van der Waals surface area contributed by atoms with E-state index in [-0.39, 0.29) is 5.57 Å². The molecule has 0 atom stereocenters. The molecule has 0 amide bonds. The highest BCUT2D eigenvalue weighted by molar-refractivity contribution is 5.93. The predicted molar refractivity (Wildman–Crippen MR) is 77.7 cm³/mol. The lowest BCUT2D eigenvalue weighted by atomic mass is 10.2. The minimum atomic E-state index is -0.461. The Labute approximate surface area is 116 Å². The van der Waals surface area contributed by atoms with E-state index in [1.54, 1.807) is 25.4 Å². The van der Waals surface area contributed by atoms with Gasteiger partial charge < -0.3 is 9.72 Å². The molecular formula is C14H16N4O2. The summed E-state index contributed by atoms with van der Waals surface area (Å²) in [6, 6.07) is 3.63. The van der Waals surface area contributed by atoms with Crippen LogP contribution in [0.15, 0.2) is 49.0 Å². The Balaban J connectivity index is 2.35. The van der Waals surface area contributed by atoms with Gasteiger partial charge in [-0.05, 0) is 19.1 Å². The number of esters is 1. The van der Waals surface area contributed by atoms with Crippen molar-refractivity contribution < 1.29 is 9.53 Å². The highest BCUT2D eigenvalue weighted by Crippen LogP contribution is 2.23. The van der Waals surface area contributed by atoms with Gasteiger partial charge in [0, 0.05) is 24.0 Å². The van der Waals surface area contributed by atoms with Crippen molar-refractivity contribution in [2.24, 2.45) is 5.84 Å². The second kappa shape index (κ2) is 6.03. The molecule has 6 nitrogen and oxygen atoms in total. The number of pyridine rings is 1. The highest BCUT2D eigenvalue weighted by Gasteiger charge is 2.11. The number of nitrogens with one attached hydrogen (secondary N) is 1. The molecule has 2 heterocycles. The third kappa shape index (κ3) is 2.70. The summed E-state index contributed by atoms with van der Waals surface area (Å²) in [6.07, 6.45) is 6.30. The van der Waals surface area contributed by atoms with Crippen LogP contribution in [-0.4, -0.2) is 22.5 Å². The van der Waals surface area contributed by atoms with Crippen molar-refractivity contribution in [2.45, 2.75) is 6.92 Å². The summed E-state index contributed by atoms with van der Waals surface area (Å²) in [5, 5.41) is 2.21. The van der Waals surface area contributed by atoms with E-state index in [4.69, 9.17) is 10.6 Å². The van der Waals surface area contributed by atoms with Gasteiger partial charge in [0.1, 0.15) is 5.65 Å². The van der Waals surface area contributed by atoms with Crippen LogP contribution >= 0.6 is 0 Å². The molecule has 0 unspecified atom stereocenters. The van der Waals surface area contributed by atoms with E-state index in [1.807, 2.05) is 6.07 Å². The quantitative estimate of drug-likeness (QED) is 0.285. The predicted octanol–water partition coefficient (Wildman–Crippen LogP) is 1.88. The first-order valence-electron chi connectivity index (χ1n) is 6.14. The van der Waals surface area contributed by atoms with Gasteiger partial charge in [0.05, 0.1) is 17.9 Å². The molecule has 20 heavy (non-hydrogen) atoms. The second-order valence-corrected chi connectivity index (χ2v) is 3.99. The first kappa shape index (κ1) is 13.8. The van der Waals surface area contributed by atoms with Crippen LogP contribution in [0, 0.1) is 0 Å². The van der Waals surface area contributed by atoms with Crippen LogP contribution in [0.1, 0.15) is 6.92 Å². The van der Waals surface area contributed by atoms with Gasteiger partial charge in [-0.1, -0.05) is 12.7 Å². The maximum Gasteiger partial charge on any atom is 0.339 e. The van der Waals surface area contributed by atoms with Gasteiger partial charge in [0.2, 0.25) is 0 Å². The molecule has 0 aliphatic rings. The van der Waals surface area contributed by atoms with Crippen molar-refractivity contribution in [3.63, 3.8) is 0 Å². The third-order valence-corrected chi connectivity index (χ3v) is 2.72. The number of rotatable bonds is 5. The summed E-state index contributed by atoms with van der Waals surface area (Å²) in [7, 11) is 0. The molecule has 0 aliphatic heterocycles. The number of H-pyrrole nitrogens is 1. The minimum Gasteiger partial charge on any atom is -0.462 e. The van der Waals surface area contributed by atoms with Crippen LogP contribution in [-0.2, 0) is 9.53 Å². The summed E-state index contributed by atoms with van der Waals surface area (Å²) in [4.78, 5) is 18.9. The molecule has 2 rings (SSSR count). The fraction of sp³-hybridized carbons (Fsp3) is 0.143. The first-order valence-corrected chi connectivity index (χ1v) is 6.14. The van der Waals surface area contributed by atoms with Crippen molar-refractivity contribution in [3.8, 4) is 0 Å².